The van der Waals surface area contributed by atoms with Crippen LogP contribution in [0, 0.1) is 0 Å². The van der Waals surface area contributed by atoms with Crippen molar-refractivity contribution in [3.63, 3.8) is 0 Å². The molecule has 3 rings (SSSR count). The van der Waals surface area contributed by atoms with Gasteiger partial charge in [-0.05, 0) is 55.3 Å². The second-order valence-corrected chi connectivity index (χ2v) is 8.63. The highest BCUT2D eigenvalue weighted by Crippen LogP contribution is 2.20. The van der Waals surface area contributed by atoms with Crippen LogP contribution in [-0.4, -0.2) is 56.0 Å². The summed E-state index contributed by atoms with van der Waals surface area (Å²) in [7, 11) is 0. The average Bonchev–Trinajstić information content (AvgIpc) is 2.82. The molecule has 4 N–H and O–H groups in total. The van der Waals surface area contributed by atoms with Crippen LogP contribution in [0.25, 0.3) is 0 Å². The number of hydrogen-bond donors (Lipinski definition) is 4. The number of guanidine groups is 1. The minimum Gasteiger partial charge on any atom is -0.464 e. The van der Waals surface area contributed by atoms with Crippen LogP contribution in [0.4, 0.5) is 5.69 Å². The second kappa shape index (κ2) is 13.0. The number of nitrogens with one attached hydrogen (secondary N) is 4. The third-order valence-corrected chi connectivity index (χ3v) is 5.40. The van der Waals surface area contributed by atoms with Crippen molar-refractivity contribution in [1.82, 2.24) is 16.0 Å². The summed E-state index contributed by atoms with van der Waals surface area (Å²) in [6.07, 6.45) is 1.10. The van der Waals surface area contributed by atoms with E-state index >= 15 is 0 Å². The topological polar surface area (TPSA) is 121 Å². The van der Waals surface area contributed by atoms with E-state index in [4.69, 9.17) is 27.9 Å². The molecule has 0 spiro atoms. The molecule has 1 heterocycles. The Morgan fingerprint density at radius 3 is 2.60 bits per heavy atom. The van der Waals surface area contributed by atoms with Crippen molar-refractivity contribution in [3.05, 3.63) is 63.6 Å². The predicted molar refractivity (Wildman–Crippen MR) is 136 cm³/mol. The summed E-state index contributed by atoms with van der Waals surface area (Å²) < 4.78 is 5.08. The third-order valence-electron chi connectivity index (χ3n) is 4.96. The monoisotopic (exact) mass is 519 g/mol. The van der Waals surface area contributed by atoms with Gasteiger partial charge in [-0.25, -0.2) is 4.79 Å². The van der Waals surface area contributed by atoms with E-state index in [1.54, 1.807) is 43.3 Å². The summed E-state index contributed by atoms with van der Waals surface area (Å²) in [6.45, 7) is 3.08. The summed E-state index contributed by atoms with van der Waals surface area (Å²) in [5, 5.41) is 12.3. The molecule has 1 aliphatic heterocycles. The number of esters is 1. The van der Waals surface area contributed by atoms with Gasteiger partial charge in [-0.3, -0.25) is 14.6 Å². The molecule has 0 radical (unpaired) electrons. The van der Waals surface area contributed by atoms with Gasteiger partial charge in [0.25, 0.3) is 5.91 Å². The highest BCUT2D eigenvalue weighted by atomic mass is 35.5. The predicted octanol–water partition coefficient (Wildman–Crippen LogP) is 2.78. The number of aliphatic imine (C=N–C) groups is 1. The molecule has 0 bridgehead atoms. The maximum absolute atomic E-state index is 12.6. The van der Waals surface area contributed by atoms with Crippen LogP contribution in [0.15, 0.2) is 47.5 Å². The minimum atomic E-state index is -0.967. The van der Waals surface area contributed by atoms with E-state index in [1.807, 2.05) is 6.07 Å². The van der Waals surface area contributed by atoms with Crippen LogP contribution < -0.4 is 21.3 Å². The lowest BCUT2D eigenvalue weighted by atomic mass is 10.1. The Balaban J connectivity index is 1.58. The molecule has 1 aliphatic rings. The van der Waals surface area contributed by atoms with Gasteiger partial charge in [0.1, 0.15) is 6.04 Å². The van der Waals surface area contributed by atoms with E-state index in [9.17, 15) is 14.4 Å². The molecular weight excluding hydrogens is 493 g/mol. The Morgan fingerprint density at radius 1 is 1.14 bits per heavy atom. The summed E-state index contributed by atoms with van der Waals surface area (Å²) in [5.74, 6) is -0.920. The number of benzene rings is 2. The van der Waals surface area contributed by atoms with E-state index in [-0.39, 0.29) is 19.6 Å². The lowest BCUT2D eigenvalue weighted by molar-refractivity contribution is -0.147. The molecular formula is C24H27Cl2N5O4. The number of ether oxygens (including phenoxy) is 1. The molecule has 0 aromatic heterocycles. The fraction of sp³-hybridized carbons (Fsp3) is 0.333. The maximum Gasteiger partial charge on any atom is 0.328 e. The quantitative estimate of drug-likeness (QED) is 0.378. The zero-order chi connectivity index (χ0) is 25.2. The van der Waals surface area contributed by atoms with Gasteiger partial charge in [-0.15, -0.1) is 0 Å². The fourth-order valence-corrected chi connectivity index (χ4v) is 3.97. The summed E-state index contributed by atoms with van der Waals surface area (Å²) in [5.41, 5.74) is 1.72. The van der Waals surface area contributed by atoms with Crippen LogP contribution in [0.3, 0.4) is 0 Å². The molecule has 1 unspecified atom stereocenters. The number of hydrogen-bond acceptors (Lipinski definition) is 7. The Morgan fingerprint density at radius 2 is 1.91 bits per heavy atom. The Hall–Kier alpha value is -3.30. The highest BCUT2D eigenvalue weighted by molar-refractivity contribution is 6.34. The molecule has 1 atom stereocenters. The van der Waals surface area contributed by atoms with E-state index in [0.717, 1.165) is 19.5 Å². The van der Waals surface area contributed by atoms with Gasteiger partial charge < -0.3 is 26.0 Å². The first kappa shape index (κ1) is 26.3. The Bertz CT molecular complexity index is 1090. The molecule has 2 amide bonds. The standard InChI is InChI=1S/C24H27Cl2N5O4/c1-2-35-23(34)20(11-15-9-17(25)13-18(26)10-15)31-21(32)14-29-22(33)16-5-3-6-19(12-16)30-24-27-7-4-8-28-24/h3,5-6,9-10,12-13,20H,2,4,7-8,11,14H2,1H3,(H,29,33)(H,31,32)(H2,27,28,30). The SMILES string of the molecule is CCOC(=O)C(Cc1cc(Cl)cc(Cl)c1)NC(=O)CNC(=O)c1cccc(NC2=NCCCN2)c1. The van der Waals surface area contributed by atoms with E-state index in [0.29, 0.717) is 32.8 Å². The van der Waals surface area contributed by atoms with Gasteiger partial charge in [0.15, 0.2) is 5.96 Å². The van der Waals surface area contributed by atoms with Crippen molar-refractivity contribution in [2.75, 3.05) is 31.6 Å². The van der Waals surface area contributed by atoms with Crippen LogP contribution in [0.5, 0.6) is 0 Å². The van der Waals surface area contributed by atoms with Gasteiger partial charge in [-0.2, -0.15) is 0 Å². The van der Waals surface area contributed by atoms with Gasteiger partial charge in [0, 0.05) is 40.8 Å². The van der Waals surface area contributed by atoms with Crippen LogP contribution in [0.1, 0.15) is 29.3 Å². The third kappa shape index (κ3) is 8.45. The van der Waals surface area contributed by atoms with E-state index in [2.05, 4.69) is 26.3 Å². The van der Waals surface area contributed by atoms with Gasteiger partial charge in [0.2, 0.25) is 5.91 Å². The number of nitrogens with zero attached hydrogens (tertiary/aromatic N) is 1. The molecule has 0 fully saturated rings. The second-order valence-electron chi connectivity index (χ2n) is 7.75. The molecule has 0 saturated heterocycles. The Labute approximate surface area is 213 Å². The van der Waals surface area contributed by atoms with Crippen LogP contribution in [-0.2, 0) is 20.7 Å². The summed E-state index contributed by atoms with van der Waals surface area (Å²) >= 11 is 12.1. The molecule has 11 heteroatoms. The van der Waals surface area contributed by atoms with Crippen molar-refractivity contribution in [2.45, 2.75) is 25.8 Å². The van der Waals surface area contributed by atoms with E-state index in [1.165, 1.54) is 0 Å². The van der Waals surface area contributed by atoms with Crippen LogP contribution in [0.2, 0.25) is 10.0 Å². The normalized spacial score (nSPS) is 13.6. The Kier molecular flexibility index (Phi) is 9.75. The van der Waals surface area contributed by atoms with Crippen molar-refractivity contribution in [3.8, 4) is 0 Å². The lowest BCUT2D eigenvalue weighted by Crippen LogP contribution is -2.47. The average molecular weight is 520 g/mol. The van der Waals surface area contributed by atoms with Gasteiger partial charge in [-0.1, -0.05) is 29.3 Å². The van der Waals surface area contributed by atoms with Crippen molar-refractivity contribution < 1.29 is 19.1 Å². The molecule has 9 nitrogen and oxygen atoms in total. The zero-order valence-corrected chi connectivity index (χ0v) is 20.7. The molecule has 2 aromatic rings. The number of carbonyl (C=O) groups excluding carboxylic acids is 3. The first-order chi connectivity index (χ1) is 16.8. The van der Waals surface area contributed by atoms with Gasteiger partial charge in [0.05, 0.1) is 13.2 Å². The first-order valence-corrected chi connectivity index (χ1v) is 11.9. The molecule has 0 aliphatic carbocycles. The van der Waals surface area contributed by atoms with Crippen molar-refractivity contribution in [2.24, 2.45) is 4.99 Å². The lowest BCUT2D eigenvalue weighted by Gasteiger charge is -2.18. The smallest absolute Gasteiger partial charge is 0.328 e. The first-order valence-electron chi connectivity index (χ1n) is 11.2. The molecule has 186 valence electrons. The summed E-state index contributed by atoms with van der Waals surface area (Å²) in [4.78, 5) is 41.9. The van der Waals surface area contributed by atoms with Gasteiger partial charge >= 0.3 is 5.97 Å². The number of amides is 2. The van der Waals surface area contributed by atoms with Crippen molar-refractivity contribution >= 4 is 52.6 Å². The molecule has 0 saturated carbocycles. The molecule has 2 aromatic carbocycles. The zero-order valence-electron chi connectivity index (χ0n) is 19.2. The number of rotatable bonds is 9. The largest absolute Gasteiger partial charge is 0.464 e. The molecule has 35 heavy (non-hydrogen) atoms. The minimum absolute atomic E-state index is 0.129. The highest BCUT2D eigenvalue weighted by Gasteiger charge is 2.23. The number of carbonyl (C=O) groups is 3. The van der Waals surface area contributed by atoms with E-state index < -0.39 is 23.8 Å². The maximum atomic E-state index is 12.6. The fourth-order valence-electron chi connectivity index (χ4n) is 3.40. The van der Waals surface area contributed by atoms with Crippen molar-refractivity contribution in [1.29, 1.82) is 0 Å². The summed E-state index contributed by atoms with van der Waals surface area (Å²) in [6, 6.07) is 10.8. The number of halogens is 2. The number of anilines is 1. The van der Waals surface area contributed by atoms with Crippen LogP contribution >= 0.6 is 23.2 Å².